The van der Waals surface area contributed by atoms with E-state index in [2.05, 4.69) is 24.3 Å². The minimum atomic E-state index is -0.247. The lowest BCUT2D eigenvalue weighted by molar-refractivity contribution is 0.102. The highest BCUT2D eigenvalue weighted by atomic mass is 32.1. The number of amides is 1. The molecule has 3 rings (SSSR count). The number of aromatic nitrogens is 4. The van der Waals surface area contributed by atoms with Crippen LogP contribution in [0.4, 0.5) is 5.13 Å². The molecule has 2 aromatic heterocycles. The molecule has 9 heteroatoms. The number of hydrogen-bond acceptors (Lipinski definition) is 8. The van der Waals surface area contributed by atoms with Gasteiger partial charge >= 0.3 is 0 Å². The first kappa shape index (κ1) is 17.4. The second kappa shape index (κ2) is 7.66. The van der Waals surface area contributed by atoms with E-state index in [1.165, 1.54) is 11.3 Å². The van der Waals surface area contributed by atoms with Crippen molar-refractivity contribution >= 4 is 34.1 Å². The van der Waals surface area contributed by atoms with Crippen LogP contribution in [-0.4, -0.2) is 24.9 Å². The summed E-state index contributed by atoms with van der Waals surface area (Å²) in [7, 11) is 0. The van der Waals surface area contributed by atoms with E-state index in [9.17, 15) is 4.79 Å². The van der Waals surface area contributed by atoms with Gasteiger partial charge in [0.1, 0.15) is 23.1 Å². The third-order valence-corrected chi connectivity index (χ3v) is 5.17. The molecular weight excluding hydrogens is 358 g/mol. The van der Waals surface area contributed by atoms with Crippen molar-refractivity contribution in [2.45, 2.75) is 33.3 Å². The van der Waals surface area contributed by atoms with Crippen molar-refractivity contribution in [1.82, 2.24) is 18.9 Å². The summed E-state index contributed by atoms with van der Waals surface area (Å²) in [6, 6.07) is 6.99. The summed E-state index contributed by atoms with van der Waals surface area (Å²) < 4.78 is 14.0. The normalized spacial score (nSPS) is 10.9. The number of aryl methyl sites for hydroxylation is 1. The minimum absolute atomic E-state index is 0.247. The van der Waals surface area contributed by atoms with E-state index < -0.39 is 0 Å². The summed E-state index contributed by atoms with van der Waals surface area (Å²) in [4.78, 5) is 12.4. The average molecular weight is 375 g/mol. The van der Waals surface area contributed by atoms with Gasteiger partial charge in [-0.05, 0) is 25.1 Å². The van der Waals surface area contributed by atoms with Crippen molar-refractivity contribution in [3.05, 3.63) is 46.2 Å². The smallest absolute Gasteiger partial charge is 0.257 e. The zero-order valence-corrected chi connectivity index (χ0v) is 15.6. The number of carbonyl (C=O) groups is 1. The first-order chi connectivity index (χ1) is 12.0. The Kier molecular flexibility index (Phi) is 5.34. The van der Waals surface area contributed by atoms with Crippen molar-refractivity contribution in [3.8, 4) is 5.75 Å². The van der Waals surface area contributed by atoms with Crippen molar-refractivity contribution in [2.24, 2.45) is 0 Å². The number of anilines is 1. The number of rotatable bonds is 6. The Morgan fingerprint density at radius 1 is 1.28 bits per heavy atom. The van der Waals surface area contributed by atoms with Gasteiger partial charge in [0.05, 0.1) is 17.4 Å². The van der Waals surface area contributed by atoms with E-state index in [0.717, 1.165) is 28.1 Å². The molecule has 1 N–H and O–H groups in total. The van der Waals surface area contributed by atoms with Crippen molar-refractivity contribution < 1.29 is 9.53 Å². The Labute approximate surface area is 153 Å². The fourth-order valence-electron chi connectivity index (χ4n) is 1.95. The first-order valence-corrected chi connectivity index (χ1v) is 9.23. The maximum atomic E-state index is 12.4. The Morgan fingerprint density at radius 3 is 2.80 bits per heavy atom. The quantitative estimate of drug-likeness (QED) is 0.707. The van der Waals surface area contributed by atoms with E-state index in [-0.39, 0.29) is 11.8 Å². The van der Waals surface area contributed by atoms with Gasteiger partial charge < -0.3 is 4.74 Å². The summed E-state index contributed by atoms with van der Waals surface area (Å²) in [5.41, 5.74) is 2.15. The van der Waals surface area contributed by atoms with Crippen LogP contribution in [-0.2, 0) is 6.61 Å². The summed E-state index contributed by atoms with van der Waals surface area (Å²) in [6.07, 6.45) is 0. The molecule has 1 amide bonds. The van der Waals surface area contributed by atoms with Gasteiger partial charge in [-0.3, -0.25) is 10.1 Å². The molecule has 1 aromatic carbocycles. The van der Waals surface area contributed by atoms with E-state index in [4.69, 9.17) is 4.74 Å². The molecule has 3 aromatic rings. The minimum Gasteiger partial charge on any atom is -0.487 e. The number of hydrogen-bond donors (Lipinski definition) is 1. The fraction of sp³-hybridized carbons (Fsp3) is 0.312. The van der Waals surface area contributed by atoms with E-state index in [1.807, 2.05) is 20.8 Å². The first-order valence-electron chi connectivity index (χ1n) is 7.68. The SMILES string of the molecule is Cc1nsnc1COc1cccc(C(=O)Nc2nnc(C(C)C)s2)c1. The monoisotopic (exact) mass is 375 g/mol. The molecule has 0 aliphatic carbocycles. The van der Waals surface area contributed by atoms with Crippen molar-refractivity contribution in [3.63, 3.8) is 0 Å². The highest BCUT2D eigenvalue weighted by Crippen LogP contribution is 2.23. The van der Waals surface area contributed by atoms with Crippen LogP contribution < -0.4 is 10.1 Å². The lowest BCUT2D eigenvalue weighted by atomic mass is 10.2. The molecule has 0 spiro atoms. The maximum absolute atomic E-state index is 12.4. The number of carbonyl (C=O) groups excluding carboxylic acids is 1. The predicted octanol–water partition coefficient (Wildman–Crippen LogP) is 3.65. The molecule has 0 radical (unpaired) electrons. The molecule has 0 saturated carbocycles. The molecule has 0 atom stereocenters. The van der Waals surface area contributed by atoms with Gasteiger partial charge in [0.25, 0.3) is 5.91 Å². The summed E-state index contributed by atoms with van der Waals surface area (Å²) in [5.74, 6) is 0.632. The van der Waals surface area contributed by atoms with Crippen molar-refractivity contribution in [2.75, 3.05) is 5.32 Å². The third-order valence-electron chi connectivity index (χ3n) is 3.37. The maximum Gasteiger partial charge on any atom is 0.257 e. The Bertz CT molecular complexity index is 875. The standard InChI is InChI=1S/C16H17N5O2S2/c1-9(2)15-18-19-16(24-15)17-14(22)11-5-4-6-12(7-11)23-8-13-10(3)20-25-21-13/h4-7,9H,8H2,1-3H3,(H,17,19,22). The molecule has 0 saturated heterocycles. The Hall–Kier alpha value is -2.39. The summed E-state index contributed by atoms with van der Waals surface area (Å²) in [6.45, 7) is 6.28. The van der Waals surface area contributed by atoms with Crippen LogP contribution in [0.5, 0.6) is 5.75 Å². The van der Waals surface area contributed by atoms with Gasteiger partial charge in [-0.2, -0.15) is 8.75 Å². The lowest BCUT2D eigenvalue weighted by Crippen LogP contribution is -2.11. The molecule has 0 fully saturated rings. The average Bonchev–Trinajstić information content (AvgIpc) is 3.22. The van der Waals surface area contributed by atoms with Gasteiger partial charge in [0.15, 0.2) is 0 Å². The van der Waals surface area contributed by atoms with Gasteiger partial charge in [-0.25, -0.2) is 0 Å². The lowest BCUT2D eigenvalue weighted by Gasteiger charge is -2.07. The molecule has 7 nitrogen and oxygen atoms in total. The van der Waals surface area contributed by atoms with Crippen LogP contribution in [0.3, 0.4) is 0 Å². The topological polar surface area (TPSA) is 89.9 Å². The molecule has 130 valence electrons. The van der Waals surface area contributed by atoms with Crippen LogP contribution in [0.1, 0.15) is 46.5 Å². The number of benzene rings is 1. The van der Waals surface area contributed by atoms with E-state index in [0.29, 0.717) is 23.1 Å². The Balaban J connectivity index is 1.65. The molecule has 25 heavy (non-hydrogen) atoms. The largest absolute Gasteiger partial charge is 0.487 e. The van der Waals surface area contributed by atoms with Crippen LogP contribution in [0.25, 0.3) is 0 Å². The summed E-state index contributed by atoms with van der Waals surface area (Å²) in [5, 5.41) is 12.2. The molecular formula is C16H17N5O2S2. The predicted molar refractivity (Wildman–Crippen MR) is 97.4 cm³/mol. The fourth-order valence-corrected chi connectivity index (χ4v) is 3.24. The molecule has 0 unspecified atom stereocenters. The zero-order chi connectivity index (χ0) is 17.8. The number of ether oxygens (including phenoxy) is 1. The van der Waals surface area contributed by atoms with Gasteiger partial charge in [-0.1, -0.05) is 31.3 Å². The van der Waals surface area contributed by atoms with Gasteiger partial charge in [-0.15, -0.1) is 10.2 Å². The van der Waals surface area contributed by atoms with Gasteiger partial charge in [0, 0.05) is 11.5 Å². The van der Waals surface area contributed by atoms with Crippen LogP contribution >= 0.6 is 23.1 Å². The van der Waals surface area contributed by atoms with Gasteiger partial charge in [0.2, 0.25) is 5.13 Å². The van der Waals surface area contributed by atoms with E-state index in [1.54, 1.807) is 24.3 Å². The Morgan fingerprint density at radius 2 is 2.12 bits per heavy atom. The molecule has 2 heterocycles. The van der Waals surface area contributed by atoms with Crippen molar-refractivity contribution in [1.29, 1.82) is 0 Å². The van der Waals surface area contributed by atoms with Crippen LogP contribution in [0.15, 0.2) is 24.3 Å². The zero-order valence-electron chi connectivity index (χ0n) is 14.0. The summed E-state index contributed by atoms with van der Waals surface area (Å²) >= 11 is 2.54. The number of nitrogens with zero attached hydrogens (tertiary/aromatic N) is 4. The highest BCUT2D eigenvalue weighted by Gasteiger charge is 2.13. The second-order valence-corrected chi connectivity index (χ2v) is 7.20. The van der Waals surface area contributed by atoms with E-state index >= 15 is 0 Å². The van der Waals surface area contributed by atoms with Crippen LogP contribution in [0.2, 0.25) is 0 Å². The van der Waals surface area contributed by atoms with Crippen LogP contribution in [0, 0.1) is 6.92 Å². The third kappa shape index (κ3) is 4.37. The molecule has 0 aliphatic rings. The highest BCUT2D eigenvalue weighted by molar-refractivity contribution is 7.15. The second-order valence-electron chi connectivity index (χ2n) is 5.67. The molecule has 0 aliphatic heterocycles. The number of nitrogens with one attached hydrogen (secondary N) is 1. The molecule has 0 bridgehead atoms.